The molecule has 0 aromatic heterocycles. The fraction of sp³-hybridized carbons (Fsp3) is 0.644. The van der Waals surface area contributed by atoms with E-state index in [2.05, 4.69) is 44.2 Å². The molecule has 0 saturated heterocycles. The van der Waals surface area contributed by atoms with E-state index >= 15 is 0 Å². The molecule has 0 aliphatic carbocycles. The molecule has 3 atom stereocenters. The minimum Gasteiger partial charge on any atom is -0.462 e. The van der Waals surface area contributed by atoms with Crippen LogP contribution in [0.2, 0.25) is 0 Å². The van der Waals surface area contributed by atoms with Crippen LogP contribution in [0.3, 0.4) is 0 Å². The van der Waals surface area contributed by atoms with Crippen LogP contribution in [0, 0.1) is 0 Å². The number of allylic oxidation sites excluding steroid dienone is 12. The summed E-state index contributed by atoms with van der Waals surface area (Å²) in [6.45, 7) is 3.41. The molecule has 11 heteroatoms. The zero-order valence-corrected chi connectivity index (χ0v) is 35.6. The molecule has 0 amide bonds. The fourth-order valence-corrected chi connectivity index (χ4v) is 5.97. The number of hydrogen-bond donors (Lipinski definition) is 3. The summed E-state index contributed by atoms with van der Waals surface area (Å²) in [6, 6.07) is 0. The first-order valence-corrected chi connectivity index (χ1v) is 22.7. The van der Waals surface area contributed by atoms with Gasteiger partial charge in [0.15, 0.2) is 6.10 Å². The van der Waals surface area contributed by atoms with E-state index in [0.29, 0.717) is 19.3 Å². The summed E-state index contributed by atoms with van der Waals surface area (Å²) in [5, 5.41) is 9.99. The third-order valence-electron chi connectivity index (χ3n) is 8.36. The predicted molar refractivity (Wildman–Crippen MR) is 230 cm³/mol. The van der Waals surface area contributed by atoms with E-state index in [-0.39, 0.29) is 32.6 Å². The number of esters is 2. The first-order valence-electron chi connectivity index (χ1n) is 21.2. The molecule has 0 bridgehead atoms. The number of ether oxygens (including phenoxy) is 2. The Bertz CT molecular complexity index is 1210. The van der Waals surface area contributed by atoms with Crippen LogP contribution in [-0.4, -0.2) is 60.5 Å². The van der Waals surface area contributed by atoms with Gasteiger partial charge in [0.05, 0.1) is 19.3 Å². The van der Waals surface area contributed by atoms with Gasteiger partial charge in [-0.1, -0.05) is 150 Å². The van der Waals surface area contributed by atoms with Crippen molar-refractivity contribution in [2.75, 3.05) is 26.4 Å². The van der Waals surface area contributed by atoms with Crippen LogP contribution in [0.5, 0.6) is 0 Å². The van der Waals surface area contributed by atoms with Crippen molar-refractivity contribution in [3.05, 3.63) is 85.1 Å². The topological polar surface area (TPSA) is 155 Å². The smallest absolute Gasteiger partial charge is 0.462 e. The second-order valence-electron chi connectivity index (χ2n) is 13.7. The lowest BCUT2D eigenvalue weighted by molar-refractivity contribution is -0.161. The number of aliphatic hydroxyl groups excluding tert-OH is 1. The van der Waals surface area contributed by atoms with E-state index in [0.717, 1.165) is 64.2 Å². The SMILES string of the molecule is CC/C=C\C/C=C\CC(O)/C=C/C=C\C/C=C\C/C=C\CCC(=O)OC[C@H](COP(=O)(O)OCCN)OC(=O)CCCCCCC/C=C\CCCCCCCC. The molecule has 0 aromatic rings. The number of hydrogen-bond acceptors (Lipinski definition) is 9. The highest BCUT2D eigenvalue weighted by Gasteiger charge is 2.25. The maximum atomic E-state index is 12.6. The van der Waals surface area contributed by atoms with E-state index < -0.39 is 38.6 Å². The van der Waals surface area contributed by atoms with Gasteiger partial charge in [-0.15, -0.1) is 0 Å². The number of phosphoric ester groups is 1. The third-order valence-corrected chi connectivity index (χ3v) is 9.34. The maximum absolute atomic E-state index is 12.6. The Balaban J connectivity index is 4.38. The molecule has 0 aliphatic rings. The van der Waals surface area contributed by atoms with Gasteiger partial charge in [-0.05, 0) is 70.6 Å². The van der Waals surface area contributed by atoms with E-state index in [1.54, 1.807) is 6.08 Å². The van der Waals surface area contributed by atoms with Crippen molar-refractivity contribution < 1.29 is 42.7 Å². The van der Waals surface area contributed by atoms with Crippen molar-refractivity contribution in [1.82, 2.24) is 0 Å². The van der Waals surface area contributed by atoms with Crippen LogP contribution in [0.15, 0.2) is 85.1 Å². The van der Waals surface area contributed by atoms with Crippen LogP contribution in [0.4, 0.5) is 0 Å². The number of unbranched alkanes of at least 4 members (excludes halogenated alkanes) is 11. The van der Waals surface area contributed by atoms with E-state index in [4.69, 9.17) is 24.3 Å². The number of aliphatic hydroxyl groups is 1. The summed E-state index contributed by atoms with van der Waals surface area (Å²) in [5.74, 6) is -0.974. The summed E-state index contributed by atoms with van der Waals surface area (Å²) < 4.78 is 32.6. The van der Waals surface area contributed by atoms with Crippen LogP contribution in [0.25, 0.3) is 0 Å². The molecule has 2 unspecified atom stereocenters. The molecule has 0 aromatic carbocycles. The third kappa shape index (κ3) is 39.4. The van der Waals surface area contributed by atoms with Gasteiger partial charge >= 0.3 is 19.8 Å². The molecule has 0 saturated carbocycles. The van der Waals surface area contributed by atoms with Crippen molar-refractivity contribution in [1.29, 1.82) is 0 Å². The standard InChI is InChI=1S/C45H76NO9P/c1-3-5-7-9-11-12-13-14-15-16-17-22-25-29-33-37-45(49)55-43(41-54-56(50,51)53-39-38-46)40-52-44(48)36-32-28-24-21-19-18-20-23-27-31-35-42(47)34-30-26-10-8-6-4-2/h6,8,14-15,18-19,23-24,26-28,30-31,35,42-43,47H,3-5,7,9-13,16-17,20-22,25,29,32-34,36-41,46H2,1-2H3,(H,50,51)/b8-6-,15-14-,19-18-,27-23-,28-24-,30-26-,35-31+/t42?,43-/m1/s1. The molecule has 0 radical (unpaired) electrons. The highest BCUT2D eigenvalue weighted by atomic mass is 31.2. The highest BCUT2D eigenvalue weighted by Crippen LogP contribution is 2.43. The molecular weight excluding hydrogens is 729 g/mol. The number of rotatable bonds is 38. The average molecular weight is 806 g/mol. The van der Waals surface area contributed by atoms with Gasteiger partial charge < -0.3 is 25.2 Å². The molecule has 0 heterocycles. The van der Waals surface area contributed by atoms with Crippen LogP contribution in [0.1, 0.15) is 149 Å². The minimum atomic E-state index is -4.41. The first-order chi connectivity index (χ1) is 27.2. The average Bonchev–Trinajstić information content (AvgIpc) is 3.18. The van der Waals surface area contributed by atoms with Gasteiger partial charge in [0.1, 0.15) is 6.61 Å². The number of phosphoric acid groups is 1. The monoisotopic (exact) mass is 806 g/mol. The number of nitrogens with two attached hydrogens (primary N) is 1. The second-order valence-corrected chi connectivity index (χ2v) is 15.1. The van der Waals surface area contributed by atoms with Gasteiger partial charge in [-0.25, -0.2) is 4.57 Å². The lowest BCUT2D eigenvalue weighted by atomic mass is 10.1. The van der Waals surface area contributed by atoms with Gasteiger partial charge in [0.2, 0.25) is 0 Å². The molecule has 0 aliphatic heterocycles. The molecule has 0 spiro atoms. The quantitative estimate of drug-likeness (QED) is 0.0180. The van der Waals surface area contributed by atoms with Crippen molar-refractivity contribution in [2.45, 2.75) is 161 Å². The molecule has 320 valence electrons. The van der Waals surface area contributed by atoms with Gasteiger partial charge in [-0.3, -0.25) is 18.6 Å². The molecule has 56 heavy (non-hydrogen) atoms. The lowest BCUT2D eigenvalue weighted by Crippen LogP contribution is -2.29. The first kappa shape index (κ1) is 53.1. The highest BCUT2D eigenvalue weighted by molar-refractivity contribution is 7.47. The molecular formula is C45H76NO9P. The summed E-state index contributed by atoms with van der Waals surface area (Å²) in [5.41, 5.74) is 5.33. The molecule has 4 N–H and O–H groups in total. The van der Waals surface area contributed by atoms with Gasteiger partial charge in [0.25, 0.3) is 0 Å². The summed E-state index contributed by atoms with van der Waals surface area (Å²) >= 11 is 0. The second kappa shape index (κ2) is 40.4. The summed E-state index contributed by atoms with van der Waals surface area (Å²) in [6.07, 6.45) is 46.5. The zero-order valence-electron chi connectivity index (χ0n) is 34.7. The van der Waals surface area contributed by atoms with E-state index in [9.17, 15) is 24.2 Å². The molecule has 10 nitrogen and oxygen atoms in total. The summed E-state index contributed by atoms with van der Waals surface area (Å²) in [4.78, 5) is 34.8. The van der Waals surface area contributed by atoms with E-state index in [1.807, 2.05) is 48.6 Å². The fourth-order valence-electron chi connectivity index (χ4n) is 5.21. The maximum Gasteiger partial charge on any atom is 0.472 e. The minimum absolute atomic E-state index is 0.0307. The Kier molecular flexibility index (Phi) is 38.3. The number of carbonyl (C=O) groups excluding carboxylic acids is 2. The largest absolute Gasteiger partial charge is 0.472 e. The van der Waals surface area contributed by atoms with Crippen molar-refractivity contribution in [3.8, 4) is 0 Å². The zero-order chi connectivity index (χ0) is 41.2. The van der Waals surface area contributed by atoms with Crippen LogP contribution < -0.4 is 5.73 Å². The Morgan fingerprint density at radius 1 is 0.643 bits per heavy atom. The van der Waals surface area contributed by atoms with E-state index in [1.165, 1.54) is 38.5 Å². The molecule has 0 rings (SSSR count). The summed E-state index contributed by atoms with van der Waals surface area (Å²) in [7, 11) is -4.41. The van der Waals surface area contributed by atoms with Crippen molar-refractivity contribution in [2.24, 2.45) is 5.73 Å². The van der Waals surface area contributed by atoms with Gasteiger partial charge in [0, 0.05) is 19.4 Å². The van der Waals surface area contributed by atoms with Crippen LogP contribution >= 0.6 is 7.82 Å². The van der Waals surface area contributed by atoms with Crippen molar-refractivity contribution >= 4 is 19.8 Å². The van der Waals surface area contributed by atoms with Gasteiger partial charge in [-0.2, -0.15) is 0 Å². The Labute approximate surface area is 339 Å². The molecule has 0 fully saturated rings. The Hall–Kier alpha value is -2.85. The predicted octanol–water partition coefficient (Wildman–Crippen LogP) is 11.0. The lowest BCUT2D eigenvalue weighted by Gasteiger charge is -2.19. The van der Waals surface area contributed by atoms with Crippen LogP contribution in [-0.2, 0) is 32.7 Å². The normalized spacial score (nSPS) is 14.7. The Morgan fingerprint density at radius 3 is 1.91 bits per heavy atom. The number of carbonyl (C=O) groups is 2. The van der Waals surface area contributed by atoms with Crippen molar-refractivity contribution in [3.63, 3.8) is 0 Å². The Morgan fingerprint density at radius 2 is 1.23 bits per heavy atom.